The molecule has 94 valence electrons. The van der Waals surface area contributed by atoms with Crippen molar-refractivity contribution in [3.63, 3.8) is 0 Å². The summed E-state index contributed by atoms with van der Waals surface area (Å²) in [6.07, 6.45) is 2.10. The van der Waals surface area contributed by atoms with Crippen LogP contribution < -0.4 is 5.32 Å². The summed E-state index contributed by atoms with van der Waals surface area (Å²) in [5.41, 5.74) is 1.81. The van der Waals surface area contributed by atoms with Gasteiger partial charge in [0, 0.05) is 23.4 Å². The first kappa shape index (κ1) is 13.5. The van der Waals surface area contributed by atoms with Crippen molar-refractivity contribution in [1.29, 1.82) is 0 Å². The molecule has 1 rings (SSSR count). The summed E-state index contributed by atoms with van der Waals surface area (Å²) >= 11 is 0. The van der Waals surface area contributed by atoms with Gasteiger partial charge in [0.05, 0.1) is 4.92 Å². The molecule has 1 aromatic carbocycles. The van der Waals surface area contributed by atoms with E-state index in [9.17, 15) is 10.1 Å². The van der Waals surface area contributed by atoms with Crippen molar-refractivity contribution in [3.8, 4) is 0 Å². The SMILES string of the molecule is CCCC(C)(C)Nc1cc(C)cc([N+](=O)[O-])c1. The number of aryl methyl sites for hydroxylation is 1. The van der Waals surface area contributed by atoms with Gasteiger partial charge in [0.1, 0.15) is 0 Å². The predicted octanol–water partition coefficient (Wildman–Crippen LogP) is 3.89. The normalized spacial score (nSPS) is 11.3. The number of hydrogen-bond donors (Lipinski definition) is 1. The molecule has 0 bridgehead atoms. The molecule has 0 radical (unpaired) electrons. The fraction of sp³-hybridized carbons (Fsp3) is 0.538. The Kier molecular flexibility index (Phi) is 4.10. The fourth-order valence-electron chi connectivity index (χ4n) is 2.02. The zero-order chi connectivity index (χ0) is 13.1. The minimum atomic E-state index is -0.356. The van der Waals surface area contributed by atoms with Crippen molar-refractivity contribution in [2.75, 3.05) is 5.32 Å². The van der Waals surface area contributed by atoms with Gasteiger partial charge in [0.25, 0.3) is 5.69 Å². The number of nitro groups is 1. The van der Waals surface area contributed by atoms with Crippen LogP contribution in [-0.4, -0.2) is 10.5 Å². The van der Waals surface area contributed by atoms with Crippen LogP contribution in [0.1, 0.15) is 39.2 Å². The lowest BCUT2D eigenvalue weighted by Crippen LogP contribution is -2.30. The number of rotatable bonds is 5. The van der Waals surface area contributed by atoms with Crippen molar-refractivity contribution in [2.24, 2.45) is 0 Å². The van der Waals surface area contributed by atoms with E-state index in [1.807, 2.05) is 13.0 Å². The van der Waals surface area contributed by atoms with Gasteiger partial charge < -0.3 is 5.32 Å². The second-order valence-electron chi connectivity index (χ2n) is 5.07. The van der Waals surface area contributed by atoms with Gasteiger partial charge in [-0.3, -0.25) is 10.1 Å². The maximum Gasteiger partial charge on any atom is 0.271 e. The summed E-state index contributed by atoms with van der Waals surface area (Å²) in [4.78, 5) is 10.4. The standard InChI is InChI=1S/C13H20N2O2/c1-5-6-13(3,4)14-11-7-10(2)8-12(9-11)15(16)17/h7-9,14H,5-6H2,1-4H3. The van der Waals surface area contributed by atoms with Crippen molar-refractivity contribution in [3.05, 3.63) is 33.9 Å². The number of nitrogens with zero attached hydrogens (tertiary/aromatic N) is 1. The summed E-state index contributed by atoms with van der Waals surface area (Å²) in [5, 5.41) is 14.1. The van der Waals surface area contributed by atoms with Crippen LogP contribution in [0.3, 0.4) is 0 Å². The maximum absolute atomic E-state index is 10.8. The minimum absolute atomic E-state index is 0.0452. The summed E-state index contributed by atoms with van der Waals surface area (Å²) < 4.78 is 0. The molecule has 0 spiro atoms. The first-order valence-electron chi connectivity index (χ1n) is 5.88. The quantitative estimate of drug-likeness (QED) is 0.623. The maximum atomic E-state index is 10.8. The molecule has 0 aliphatic heterocycles. The van der Waals surface area contributed by atoms with Crippen molar-refractivity contribution in [1.82, 2.24) is 0 Å². The predicted molar refractivity (Wildman–Crippen MR) is 70.4 cm³/mol. The molecule has 0 fully saturated rings. The van der Waals surface area contributed by atoms with Crippen LogP contribution in [0.2, 0.25) is 0 Å². The van der Waals surface area contributed by atoms with E-state index in [-0.39, 0.29) is 16.1 Å². The highest BCUT2D eigenvalue weighted by molar-refractivity contribution is 5.54. The monoisotopic (exact) mass is 236 g/mol. The largest absolute Gasteiger partial charge is 0.380 e. The molecule has 0 unspecified atom stereocenters. The molecule has 0 aromatic heterocycles. The minimum Gasteiger partial charge on any atom is -0.380 e. The van der Waals surface area contributed by atoms with Gasteiger partial charge >= 0.3 is 0 Å². The number of anilines is 1. The van der Waals surface area contributed by atoms with Crippen molar-refractivity contribution in [2.45, 2.75) is 46.1 Å². The number of nitrogens with one attached hydrogen (secondary N) is 1. The van der Waals surface area contributed by atoms with Crippen molar-refractivity contribution >= 4 is 11.4 Å². The van der Waals surface area contributed by atoms with Gasteiger partial charge in [0.2, 0.25) is 0 Å². The van der Waals surface area contributed by atoms with Crippen LogP contribution in [0.5, 0.6) is 0 Å². The van der Waals surface area contributed by atoms with Gasteiger partial charge in [0.15, 0.2) is 0 Å². The summed E-state index contributed by atoms with van der Waals surface area (Å²) in [6, 6.07) is 5.10. The Morgan fingerprint density at radius 1 is 1.35 bits per heavy atom. The van der Waals surface area contributed by atoms with E-state index in [4.69, 9.17) is 0 Å². The first-order chi connectivity index (χ1) is 7.84. The summed E-state index contributed by atoms with van der Waals surface area (Å²) in [5.74, 6) is 0. The molecule has 0 saturated heterocycles. The average Bonchev–Trinajstić information content (AvgIpc) is 2.15. The highest BCUT2D eigenvalue weighted by Crippen LogP contribution is 2.25. The lowest BCUT2D eigenvalue weighted by atomic mass is 9.98. The first-order valence-corrected chi connectivity index (χ1v) is 5.88. The molecule has 0 amide bonds. The molecular weight excluding hydrogens is 216 g/mol. The van der Waals surface area contributed by atoms with Gasteiger partial charge in [-0.2, -0.15) is 0 Å². The van der Waals surface area contributed by atoms with Crippen LogP contribution in [0.15, 0.2) is 18.2 Å². The molecule has 0 atom stereocenters. The Hall–Kier alpha value is -1.58. The second-order valence-corrected chi connectivity index (χ2v) is 5.07. The smallest absolute Gasteiger partial charge is 0.271 e. The van der Waals surface area contributed by atoms with E-state index in [1.165, 1.54) is 0 Å². The number of hydrogen-bond acceptors (Lipinski definition) is 3. The number of benzene rings is 1. The lowest BCUT2D eigenvalue weighted by Gasteiger charge is -2.27. The third-order valence-electron chi connectivity index (χ3n) is 2.63. The zero-order valence-electron chi connectivity index (χ0n) is 10.9. The molecule has 0 heterocycles. The van der Waals surface area contributed by atoms with Crippen LogP contribution in [0.25, 0.3) is 0 Å². The molecule has 4 nitrogen and oxygen atoms in total. The van der Waals surface area contributed by atoms with Gasteiger partial charge in [-0.05, 0) is 38.8 Å². The molecule has 4 heteroatoms. The molecule has 0 saturated carbocycles. The molecule has 1 N–H and O–H groups in total. The highest BCUT2D eigenvalue weighted by atomic mass is 16.6. The van der Waals surface area contributed by atoms with E-state index in [0.29, 0.717) is 0 Å². The summed E-state index contributed by atoms with van der Waals surface area (Å²) in [6.45, 7) is 8.20. The third-order valence-corrected chi connectivity index (χ3v) is 2.63. The van der Waals surface area contributed by atoms with Crippen LogP contribution >= 0.6 is 0 Å². The Morgan fingerprint density at radius 2 is 2.00 bits per heavy atom. The lowest BCUT2D eigenvalue weighted by molar-refractivity contribution is -0.384. The fourth-order valence-corrected chi connectivity index (χ4v) is 2.02. The third kappa shape index (κ3) is 4.06. The van der Waals surface area contributed by atoms with Crippen molar-refractivity contribution < 1.29 is 4.92 Å². The van der Waals surface area contributed by atoms with Gasteiger partial charge in [-0.1, -0.05) is 13.3 Å². The Morgan fingerprint density at radius 3 is 2.53 bits per heavy atom. The average molecular weight is 236 g/mol. The van der Waals surface area contributed by atoms with Crippen LogP contribution in [0.4, 0.5) is 11.4 Å². The van der Waals surface area contributed by atoms with E-state index in [1.54, 1.807) is 12.1 Å². The topological polar surface area (TPSA) is 55.2 Å². The molecule has 17 heavy (non-hydrogen) atoms. The summed E-state index contributed by atoms with van der Waals surface area (Å²) in [7, 11) is 0. The second kappa shape index (κ2) is 5.17. The van der Waals surface area contributed by atoms with Gasteiger partial charge in [-0.15, -0.1) is 0 Å². The van der Waals surface area contributed by atoms with Gasteiger partial charge in [-0.25, -0.2) is 0 Å². The van der Waals surface area contributed by atoms with E-state index < -0.39 is 0 Å². The van der Waals surface area contributed by atoms with E-state index in [2.05, 4.69) is 26.1 Å². The molecule has 0 aliphatic rings. The zero-order valence-corrected chi connectivity index (χ0v) is 10.9. The Labute approximate surface area is 102 Å². The molecular formula is C13H20N2O2. The highest BCUT2D eigenvalue weighted by Gasteiger charge is 2.17. The van der Waals surface area contributed by atoms with Crippen LogP contribution in [-0.2, 0) is 0 Å². The number of non-ortho nitro benzene ring substituents is 1. The van der Waals surface area contributed by atoms with Crippen LogP contribution in [0, 0.1) is 17.0 Å². The molecule has 0 aliphatic carbocycles. The van der Waals surface area contributed by atoms with E-state index in [0.717, 1.165) is 24.1 Å². The number of nitro benzene ring substituents is 1. The Balaban J connectivity index is 2.95. The Bertz CT molecular complexity index is 414. The van der Waals surface area contributed by atoms with E-state index >= 15 is 0 Å². The molecule has 1 aromatic rings.